The minimum Gasteiger partial charge on any atom is -0.443 e. The maximum atomic E-state index is 9.18. The first-order valence-electron chi connectivity index (χ1n) is 9.95. The highest BCUT2D eigenvalue weighted by Crippen LogP contribution is 2.28. The predicted octanol–water partition coefficient (Wildman–Crippen LogP) is 6.94. The molecule has 0 amide bonds. The number of rotatable bonds is 9. The van der Waals surface area contributed by atoms with Gasteiger partial charge in [0.05, 0.1) is 6.20 Å². The minimum absolute atomic E-state index is 0.283. The minimum atomic E-state index is 0.283. The monoisotopic (exact) mass is 367 g/mol. The van der Waals surface area contributed by atoms with Crippen LogP contribution in [0.5, 0.6) is 0 Å². The first-order chi connectivity index (χ1) is 13.1. The van der Waals surface area contributed by atoms with Crippen LogP contribution in [-0.2, 0) is 0 Å². The molecule has 0 bridgehead atoms. The Hall–Kier alpha value is -2.54. The molecule has 2 heterocycles. The molecule has 4 heteroatoms. The Bertz CT molecular complexity index is 783. The quantitative estimate of drug-likeness (QED) is 0.487. The van der Waals surface area contributed by atoms with Crippen LogP contribution in [0.1, 0.15) is 71.6 Å². The molecule has 0 saturated heterocycles. The standard InChI is InChI=1S/C21H27N3O.C2H6/c1-5-8-10-16(11-15(4)9-6-2)24-21-12-18-17(7-3)19(13-22)25-20(18)14-23-21;1-2/h5,7-8,12,14-16H,3,6,9-11H2,1-2,4H3,(H,23,24);1-2H3/b8-5-;. The summed E-state index contributed by atoms with van der Waals surface area (Å²) in [7, 11) is 0. The van der Waals surface area contributed by atoms with Gasteiger partial charge in [-0.1, -0.05) is 65.3 Å². The second-order valence-electron chi connectivity index (χ2n) is 6.50. The lowest BCUT2D eigenvalue weighted by molar-refractivity contribution is 0.447. The molecule has 2 atom stereocenters. The van der Waals surface area contributed by atoms with Crippen molar-refractivity contribution in [1.29, 1.82) is 5.26 Å². The van der Waals surface area contributed by atoms with E-state index in [1.54, 1.807) is 12.3 Å². The topological polar surface area (TPSA) is 61.9 Å². The van der Waals surface area contributed by atoms with Crippen molar-refractivity contribution in [2.24, 2.45) is 5.92 Å². The fourth-order valence-electron chi connectivity index (χ4n) is 3.21. The molecule has 0 fully saturated rings. The van der Waals surface area contributed by atoms with E-state index in [1.165, 1.54) is 12.8 Å². The second kappa shape index (κ2) is 12.0. The molecule has 0 aliphatic carbocycles. The zero-order chi connectivity index (χ0) is 20.2. The SMILES string of the molecule is C=Cc1c(C#N)oc2cnc(NC(C/C=C\C)CC(C)CCC)cc12.CC. The van der Waals surface area contributed by atoms with Crippen molar-refractivity contribution in [2.75, 3.05) is 5.32 Å². The van der Waals surface area contributed by atoms with E-state index in [4.69, 9.17) is 4.42 Å². The number of hydrogen-bond donors (Lipinski definition) is 1. The van der Waals surface area contributed by atoms with Crippen LogP contribution in [0.4, 0.5) is 5.82 Å². The van der Waals surface area contributed by atoms with Crippen LogP contribution in [0.25, 0.3) is 17.0 Å². The lowest BCUT2D eigenvalue weighted by Crippen LogP contribution is -2.22. The molecule has 0 radical (unpaired) electrons. The Morgan fingerprint density at radius 2 is 2.15 bits per heavy atom. The Kier molecular flexibility index (Phi) is 9.96. The van der Waals surface area contributed by atoms with Gasteiger partial charge < -0.3 is 9.73 Å². The van der Waals surface area contributed by atoms with Crippen LogP contribution in [0.3, 0.4) is 0 Å². The molecule has 0 saturated carbocycles. The summed E-state index contributed by atoms with van der Waals surface area (Å²) in [5, 5.41) is 13.6. The number of aromatic nitrogens is 1. The van der Waals surface area contributed by atoms with E-state index in [1.807, 2.05) is 26.8 Å². The van der Waals surface area contributed by atoms with Gasteiger partial charge in [0.1, 0.15) is 11.9 Å². The fraction of sp³-hybridized carbons (Fsp3) is 0.478. The largest absolute Gasteiger partial charge is 0.443 e. The van der Waals surface area contributed by atoms with E-state index in [-0.39, 0.29) is 5.76 Å². The molecule has 4 nitrogen and oxygen atoms in total. The molecule has 2 aromatic heterocycles. The Balaban J connectivity index is 0.00000176. The Morgan fingerprint density at radius 1 is 1.41 bits per heavy atom. The van der Waals surface area contributed by atoms with E-state index in [9.17, 15) is 5.26 Å². The smallest absolute Gasteiger partial charge is 0.212 e. The summed E-state index contributed by atoms with van der Waals surface area (Å²) >= 11 is 0. The first-order valence-corrected chi connectivity index (χ1v) is 9.95. The third-order valence-electron chi connectivity index (χ3n) is 4.40. The van der Waals surface area contributed by atoms with Crippen LogP contribution in [0.15, 0.2) is 35.4 Å². The normalized spacial score (nSPS) is 12.9. The fourth-order valence-corrected chi connectivity index (χ4v) is 3.21. The highest BCUT2D eigenvalue weighted by Gasteiger charge is 2.15. The van der Waals surface area contributed by atoms with Crippen molar-refractivity contribution < 1.29 is 4.42 Å². The summed E-state index contributed by atoms with van der Waals surface area (Å²) in [5.74, 6) is 1.75. The van der Waals surface area contributed by atoms with Gasteiger partial charge in [-0.05, 0) is 31.7 Å². The highest BCUT2D eigenvalue weighted by molar-refractivity contribution is 5.90. The van der Waals surface area contributed by atoms with Gasteiger partial charge in [0.2, 0.25) is 5.76 Å². The number of nitrogens with one attached hydrogen (secondary N) is 1. The van der Waals surface area contributed by atoms with E-state index >= 15 is 0 Å². The van der Waals surface area contributed by atoms with Crippen LogP contribution >= 0.6 is 0 Å². The van der Waals surface area contributed by atoms with Crippen molar-refractivity contribution in [3.05, 3.63) is 42.3 Å². The zero-order valence-corrected chi connectivity index (χ0v) is 17.4. The van der Waals surface area contributed by atoms with Crippen molar-refractivity contribution in [2.45, 2.75) is 66.3 Å². The summed E-state index contributed by atoms with van der Waals surface area (Å²) < 4.78 is 5.53. The van der Waals surface area contributed by atoms with E-state index < -0.39 is 0 Å². The molecule has 1 N–H and O–H groups in total. The number of furan rings is 1. The molecule has 27 heavy (non-hydrogen) atoms. The Morgan fingerprint density at radius 3 is 2.74 bits per heavy atom. The number of fused-ring (bicyclic) bond motifs is 1. The van der Waals surface area contributed by atoms with E-state index in [2.05, 4.69) is 48.9 Å². The van der Waals surface area contributed by atoms with Crippen LogP contribution < -0.4 is 5.32 Å². The number of allylic oxidation sites excluding steroid dienone is 1. The molecular weight excluding hydrogens is 334 g/mol. The summed E-state index contributed by atoms with van der Waals surface area (Å²) in [4.78, 5) is 4.46. The lowest BCUT2D eigenvalue weighted by Gasteiger charge is -2.21. The van der Waals surface area contributed by atoms with Crippen molar-refractivity contribution in [3.8, 4) is 6.07 Å². The second-order valence-corrected chi connectivity index (χ2v) is 6.50. The van der Waals surface area contributed by atoms with Crippen molar-refractivity contribution in [1.82, 2.24) is 4.98 Å². The van der Waals surface area contributed by atoms with Gasteiger partial charge >= 0.3 is 0 Å². The summed E-state index contributed by atoms with van der Waals surface area (Å²) in [5.41, 5.74) is 1.34. The molecule has 0 aromatic carbocycles. The number of pyridine rings is 1. The third-order valence-corrected chi connectivity index (χ3v) is 4.40. The average molecular weight is 368 g/mol. The van der Waals surface area contributed by atoms with Gasteiger partial charge in [0, 0.05) is 17.0 Å². The van der Waals surface area contributed by atoms with Gasteiger partial charge in [-0.15, -0.1) is 0 Å². The summed E-state index contributed by atoms with van der Waals surface area (Å²) in [6.07, 6.45) is 12.1. The van der Waals surface area contributed by atoms with Crippen LogP contribution in [0, 0.1) is 17.2 Å². The van der Waals surface area contributed by atoms with Crippen molar-refractivity contribution in [3.63, 3.8) is 0 Å². The zero-order valence-electron chi connectivity index (χ0n) is 17.4. The summed E-state index contributed by atoms with van der Waals surface area (Å²) in [6.45, 7) is 14.4. The van der Waals surface area contributed by atoms with Crippen molar-refractivity contribution >= 4 is 22.9 Å². The van der Waals surface area contributed by atoms with Gasteiger partial charge in [0.15, 0.2) is 5.58 Å². The maximum absolute atomic E-state index is 9.18. The van der Waals surface area contributed by atoms with E-state index in [0.717, 1.165) is 29.6 Å². The molecule has 0 aliphatic rings. The van der Waals surface area contributed by atoms with Gasteiger partial charge in [0.25, 0.3) is 0 Å². The van der Waals surface area contributed by atoms with Crippen LogP contribution in [-0.4, -0.2) is 11.0 Å². The molecule has 146 valence electrons. The lowest BCUT2D eigenvalue weighted by atomic mass is 9.95. The molecule has 0 spiro atoms. The molecular formula is C23H33N3O. The summed E-state index contributed by atoms with van der Waals surface area (Å²) in [6, 6.07) is 4.35. The first kappa shape index (κ1) is 22.5. The maximum Gasteiger partial charge on any atom is 0.212 e. The molecule has 0 aliphatic heterocycles. The molecule has 2 unspecified atom stereocenters. The number of hydrogen-bond acceptors (Lipinski definition) is 4. The molecule has 2 aromatic rings. The highest BCUT2D eigenvalue weighted by atomic mass is 16.3. The van der Waals surface area contributed by atoms with Crippen LogP contribution in [0.2, 0.25) is 0 Å². The third kappa shape index (κ3) is 6.29. The number of nitrogens with zero attached hydrogens (tertiary/aromatic N) is 2. The predicted molar refractivity (Wildman–Crippen MR) is 116 cm³/mol. The van der Waals surface area contributed by atoms with Gasteiger partial charge in [-0.3, -0.25) is 0 Å². The van der Waals surface area contributed by atoms with E-state index in [0.29, 0.717) is 17.5 Å². The number of nitriles is 1. The Labute approximate surface area is 164 Å². The van der Waals surface area contributed by atoms with Gasteiger partial charge in [-0.25, -0.2) is 4.98 Å². The van der Waals surface area contributed by atoms with Gasteiger partial charge in [-0.2, -0.15) is 5.26 Å². The average Bonchev–Trinajstić information content (AvgIpc) is 3.04. The molecule has 2 rings (SSSR count). The number of anilines is 1.